The first kappa shape index (κ1) is 15.3. The van der Waals surface area contributed by atoms with Gasteiger partial charge >= 0.3 is 0 Å². The lowest BCUT2D eigenvalue weighted by atomic mass is 9.96. The van der Waals surface area contributed by atoms with Crippen molar-refractivity contribution in [2.24, 2.45) is 0 Å². The predicted octanol–water partition coefficient (Wildman–Crippen LogP) is 3.02. The molecule has 4 heteroatoms. The van der Waals surface area contributed by atoms with E-state index >= 15 is 0 Å². The molecule has 21 heavy (non-hydrogen) atoms. The van der Waals surface area contributed by atoms with E-state index in [4.69, 9.17) is 9.47 Å². The maximum atomic E-state index is 5.50. The van der Waals surface area contributed by atoms with Crippen molar-refractivity contribution in [1.82, 2.24) is 10.3 Å². The van der Waals surface area contributed by atoms with Gasteiger partial charge < -0.3 is 14.8 Å². The van der Waals surface area contributed by atoms with Gasteiger partial charge in [-0.15, -0.1) is 0 Å². The predicted molar refractivity (Wildman–Crippen MR) is 84.2 cm³/mol. The molecule has 0 saturated carbocycles. The summed E-state index contributed by atoms with van der Waals surface area (Å²) >= 11 is 0. The van der Waals surface area contributed by atoms with E-state index in [2.05, 4.69) is 16.4 Å². The van der Waals surface area contributed by atoms with Crippen LogP contribution in [0.1, 0.15) is 28.6 Å². The molecule has 0 fully saturated rings. The second-order valence-corrected chi connectivity index (χ2v) is 4.96. The van der Waals surface area contributed by atoms with E-state index < -0.39 is 0 Å². The van der Waals surface area contributed by atoms with Crippen LogP contribution in [0, 0.1) is 13.8 Å². The molecule has 0 spiro atoms. The summed E-state index contributed by atoms with van der Waals surface area (Å²) in [6.45, 7) is 4.02. The van der Waals surface area contributed by atoms with Crippen molar-refractivity contribution in [3.8, 4) is 11.5 Å². The molecule has 2 rings (SSSR count). The number of aromatic nitrogens is 1. The number of rotatable bonds is 5. The highest BCUT2D eigenvalue weighted by molar-refractivity contribution is 5.46. The number of aryl methyl sites for hydroxylation is 2. The second-order valence-electron chi connectivity index (χ2n) is 4.96. The number of methoxy groups -OCH3 is 2. The molecule has 1 atom stereocenters. The van der Waals surface area contributed by atoms with Crippen molar-refractivity contribution in [3.63, 3.8) is 0 Å². The SMILES string of the molecule is CNC(c1cc(OC)ccc1OC)c1ccc(C)nc1C. The maximum absolute atomic E-state index is 5.50. The standard InChI is InChI=1S/C17H22N2O2/c1-11-6-8-14(12(2)19-11)17(18-3)15-10-13(20-4)7-9-16(15)21-5/h6-10,17-18H,1-5H3. The van der Waals surface area contributed by atoms with Crippen molar-refractivity contribution in [2.75, 3.05) is 21.3 Å². The molecule has 1 aromatic heterocycles. The minimum absolute atomic E-state index is 0.00292. The number of pyridine rings is 1. The fourth-order valence-corrected chi connectivity index (χ4v) is 2.55. The summed E-state index contributed by atoms with van der Waals surface area (Å²) in [6.07, 6.45) is 0. The van der Waals surface area contributed by atoms with Crippen LogP contribution in [-0.4, -0.2) is 26.3 Å². The lowest BCUT2D eigenvalue weighted by Crippen LogP contribution is -2.20. The van der Waals surface area contributed by atoms with Crippen LogP contribution in [0.3, 0.4) is 0 Å². The largest absolute Gasteiger partial charge is 0.497 e. The molecule has 0 amide bonds. The number of nitrogens with zero attached hydrogens (tertiary/aromatic N) is 1. The molecule has 0 aliphatic carbocycles. The van der Waals surface area contributed by atoms with Gasteiger partial charge in [0.05, 0.1) is 20.3 Å². The third-order valence-electron chi connectivity index (χ3n) is 3.61. The summed E-state index contributed by atoms with van der Waals surface area (Å²) in [4.78, 5) is 4.55. The monoisotopic (exact) mass is 286 g/mol. The average molecular weight is 286 g/mol. The Kier molecular flexibility index (Phi) is 4.81. The summed E-state index contributed by atoms with van der Waals surface area (Å²) in [7, 11) is 5.28. The molecule has 0 saturated heterocycles. The van der Waals surface area contributed by atoms with Gasteiger partial charge in [0.15, 0.2) is 0 Å². The van der Waals surface area contributed by atoms with Gasteiger partial charge in [-0.05, 0) is 50.7 Å². The number of hydrogen-bond donors (Lipinski definition) is 1. The molecule has 0 radical (unpaired) electrons. The highest BCUT2D eigenvalue weighted by Gasteiger charge is 2.19. The average Bonchev–Trinajstić information content (AvgIpc) is 2.49. The first-order chi connectivity index (χ1) is 10.1. The van der Waals surface area contributed by atoms with E-state index in [0.29, 0.717) is 0 Å². The third-order valence-corrected chi connectivity index (χ3v) is 3.61. The lowest BCUT2D eigenvalue weighted by molar-refractivity contribution is 0.395. The Morgan fingerprint density at radius 1 is 1.00 bits per heavy atom. The Hall–Kier alpha value is -2.07. The molecule has 0 aliphatic rings. The van der Waals surface area contributed by atoms with Crippen molar-refractivity contribution in [3.05, 3.63) is 52.8 Å². The fraction of sp³-hybridized carbons (Fsp3) is 0.353. The van der Waals surface area contributed by atoms with Gasteiger partial charge in [0.25, 0.3) is 0 Å². The van der Waals surface area contributed by atoms with E-state index in [1.165, 1.54) is 0 Å². The van der Waals surface area contributed by atoms with Crippen LogP contribution >= 0.6 is 0 Å². The zero-order chi connectivity index (χ0) is 15.4. The van der Waals surface area contributed by atoms with Gasteiger partial charge in [0.1, 0.15) is 11.5 Å². The first-order valence-corrected chi connectivity index (χ1v) is 6.94. The van der Waals surface area contributed by atoms with E-state index in [9.17, 15) is 0 Å². The molecule has 0 bridgehead atoms. The smallest absolute Gasteiger partial charge is 0.124 e. The Morgan fingerprint density at radius 3 is 2.33 bits per heavy atom. The van der Waals surface area contributed by atoms with Crippen molar-refractivity contribution in [2.45, 2.75) is 19.9 Å². The van der Waals surface area contributed by atoms with E-state index in [1.54, 1.807) is 14.2 Å². The quantitative estimate of drug-likeness (QED) is 0.917. The molecule has 112 valence electrons. The van der Waals surface area contributed by atoms with Crippen molar-refractivity contribution in [1.29, 1.82) is 0 Å². The van der Waals surface area contributed by atoms with Crippen LogP contribution < -0.4 is 14.8 Å². The number of benzene rings is 1. The van der Waals surface area contributed by atoms with E-state index in [-0.39, 0.29) is 6.04 Å². The van der Waals surface area contributed by atoms with Crippen LogP contribution in [0.5, 0.6) is 11.5 Å². The lowest BCUT2D eigenvalue weighted by Gasteiger charge is -2.22. The van der Waals surface area contributed by atoms with Crippen LogP contribution in [0.25, 0.3) is 0 Å². The van der Waals surface area contributed by atoms with Crippen LogP contribution in [0.2, 0.25) is 0 Å². The zero-order valence-corrected chi connectivity index (χ0v) is 13.2. The molecular weight excluding hydrogens is 264 g/mol. The molecule has 1 heterocycles. The molecule has 2 aromatic rings. The van der Waals surface area contributed by atoms with Crippen LogP contribution in [-0.2, 0) is 0 Å². The van der Waals surface area contributed by atoms with Gasteiger partial charge in [-0.2, -0.15) is 0 Å². The van der Waals surface area contributed by atoms with Gasteiger partial charge in [-0.3, -0.25) is 4.98 Å². The van der Waals surface area contributed by atoms with Gasteiger partial charge in [-0.25, -0.2) is 0 Å². The van der Waals surface area contributed by atoms with E-state index in [1.807, 2.05) is 45.2 Å². The molecular formula is C17H22N2O2. The van der Waals surface area contributed by atoms with Crippen LogP contribution in [0.15, 0.2) is 30.3 Å². The van der Waals surface area contributed by atoms with Gasteiger partial charge in [-0.1, -0.05) is 6.07 Å². The normalized spacial score (nSPS) is 12.0. The molecule has 1 unspecified atom stereocenters. The summed E-state index contributed by atoms with van der Waals surface area (Å²) in [6, 6.07) is 9.96. The van der Waals surface area contributed by atoms with Gasteiger partial charge in [0, 0.05) is 17.0 Å². The van der Waals surface area contributed by atoms with Crippen LogP contribution in [0.4, 0.5) is 0 Å². The Labute approximate surface area is 126 Å². The molecule has 1 aromatic carbocycles. The minimum atomic E-state index is 0.00292. The summed E-state index contributed by atoms with van der Waals surface area (Å²) in [5, 5.41) is 3.35. The molecule has 1 N–H and O–H groups in total. The topological polar surface area (TPSA) is 43.4 Å². The summed E-state index contributed by atoms with van der Waals surface area (Å²) in [5.74, 6) is 1.64. The Morgan fingerprint density at radius 2 is 1.76 bits per heavy atom. The Bertz CT molecular complexity index is 626. The minimum Gasteiger partial charge on any atom is -0.497 e. The number of hydrogen-bond acceptors (Lipinski definition) is 4. The highest BCUT2D eigenvalue weighted by atomic mass is 16.5. The first-order valence-electron chi connectivity index (χ1n) is 6.94. The summed E-state index contributed by atoms with van der Waals surface area (Å²) < 4.78 is 10.8. The highest BCUT2D eigenvalue weighted by Crippen LogP contribution is 2.33. The molecule has 4 nitrogen and oxygen atoms in total. The number of ether oxygens (including phenoxy) is 2. The van der Waals surface area contributed by atoms with E-state index in [0.717, 1.165) is 34.0 Å². The maximum Gasteiger partial charge on any atom is 0.124 e. The van der Waals surface area contributed by atoms with Crippen molar-refractivity contribution >= 4 is 0 Å². The zero-order valence-electron chi connectivity index (χ0n) is 13.2. The number of nitrogens with one attached hydrogen (secondary N) is 1. The second kappa shape index (κ2) is 6.59. The summed E-state index contributed by atoms with van der Waals surface area (Å²) in [5.41, 5.74) is 4.20. The molecule has 0 aliphatic heterocycles. The van der Waals surface area contributed by atoms with Gasteiger partial charge in [0.2, 0.25) is 0 Å². The fourth-order valence-electron chi connectivity index (χ4n) is 2.55. The third kappa shape index (κ3) is 3.16. The Balaban J connectivity index is 2.54. The van der Waals surface area contributed by atoms with Crippen molar-refractivity contribution < 1.29 is 9.47 Å².